The predicted molar refractivity (Wildman–Crippen MR) is 138 cm³/mol. The average molecular weight is 495 g/mol. The monoisotopic (exact) mass is 494 g/mol. The Morgan fingerprint density at radius 1 is 0.886 bits per heavy atom. The van der Waals surface area contributed by atoms with E-state index >= 15 is 0 Å². The number of halogens is 1. The molecule has 35 heavy (non-hydrogen) atoms. The normalized spacial score (nSPS) is 11.8. The van der Waals surface area contributed by atoms with Crippen LogP contribution >= 0.6 is 11.6 Å². The minimum Gasteiger partial charge on any atom is -0.457 e. The summed E-state index contributed by atoms with van der Waals surface area (Å²) in [6.45, 7) is 1.08. The van der Waals surface area contributed by atoms with Gasteiger partial charge in [0.25, 0.3) is 0 Å². The SMILES string of the molecule is CN(C)CCC(=O)N[C@@H](COCc1ccccc1)C(=O)Cc1ccc(Oc2ccc(Cl)cc2)cc1. The minimum absolute atomic E-state index is 0.109. The van der Waals surface area contributed by atoms with E-state index in [1.807, 2.05) is 73.6 Å². The van der Waals surface area contributed by atoms with Crippen LogP contribution in [0.4, 0.5) is 0 Å². The van der Waals surface area contributed by atoms with Gasteiger partial charge in [0.05, 0.1) is 13.2 Å². The van der Waals surface area contributed by atoms with Crippen LogP contribution in [0.15, 0.2) is 78.9 Å². The van der Waals surface area contributed by atoms with E-state index in [9.17, 15) is 9.59 Å². The third-order valence-electron chi connectivity index (χ3n) is 5.26. The lowest BCUT2D eigenvalue weighted by atomic mass is 10.0. The van der Waals surface area contributed by atoms with E-state index in [0.717, 1.165) is 11.1 Å². The molecule has 0 saturated carbocycles. The van der Waals surface area contributed by atoms with Gasteiger partial charge in [0, 0.05) is 24.4 Å². The zero-order valence-corrected chi connectivity index (χ0v) is 20.8. The number of hydrogen-bond donors (Lipinski definition) is 1. The molecule has 0 unspecified atom stereocenters. The standard InChI is InChI=1S/C28H31ClN2O4/c1-31(2)17-16-28(33)30-26(20-34-19-22-6-4-3-5-7-22)27(32)18-21-8-12-24(13-9-21)35-25-14-10-23(29)11-15-25/h3-15,26H,16-20H2,1-2H3,(H,30,33)/t26-/m0/s1. The summed E-state index contributed by atoms with van der Waals surface area (Å²) < 4.78 is 11.6. The van der Waals surface area contributed by atoms with Crippen LogP contribution < -0.4 is 10.1 Å². The Kier molecular flexibility index (Phi) is 10.3. The molecule has 0 aromatic heterocycles. The van der Waals surface area contributed by atoms with Gasteiger partial charge in [-0.25, -0.2) is 0 Å². The van der Waals surface area contributed by atoms with E-state index in [1.165, 1.54) is 0 Å². The van der Waals surface area contributed by atoms with E-state index < -0.39 is 6.04 Å². The van der Waals surface area contributed by atoms with Crippen molar-refractivity contribution in [1.29, 1.82) is 0 Å². The van der Waals surface area contributed by atoms with Gasteiger partial charge in [-0.2, -0.15) is 0 Å². The molecule has 1 atom stereocenters. The third-order valence-corrected chi connectivity index (χ3v) is 5.51. The molecule has 3 rings (SSSR count). The van der Waals surface area contributed by atoms with Crippen LogP contribution in [0.5, 0.6) is 11.5 Å². The number of carbonyl (C=O) groups excluding carboxylic acids is 2. The van der Waals surface area contributed by atoms with Crippen LogP contribution in [0.2, 0.25) is 5.02 Å². The Balaban J connectivity index is 1.59. The number of nitrogens with zero attached hydrogens (tertiary/aromatic N) is 1. The molecule has 3 aromatic rings. The Morgan fingerprint density at radius 3 is 2.14 bits per heavy atom. The average Bonchev–Trinajstić information content (AvgIpc) is 2.85. The van der Waals surface area contributed by atoms with Gasteiger partial charge in [-0.3, -0.25) is 9.59 Å². The maximum Gasteiger partial charge on any atom is 0.221 e. The Hall–Kier alpha value is -3.19. The Bertz CT molecular complexity index is 1070. The fourth-order valence-electron chi connectivity index (χ4n) is 3.31. The van der Waals surface area contributed by atoms with Crippen molar-refractivity contribution in [2.75, 3.05) is 27.2 Å². The van der Waals surface area contributed by atoms with Crippen molar-refractivity contribution < 1.29 is 19.1 Å². The molecule has 0 aliphatic rings. The summed E-state index contributed by atoms with van der Waals surface area (Å²) in [6.07, 6.45) is 0.487. The van der Waals surface area contributed by atoms with E-state index in [2.05, 4.69) is 5.32 Å². The number of ether oxygens (including phenoxy) is 2. The molecule has 184 valence electrons. The largest absolute Gasteiger partial charge is 0.457 e. The number of hydrogen-bond acceptors (Lipinski definition) is 5. The topological polar surface area (TPSA) is 67.9 Å². The molecule has 0 spiro atoms. The zero-order chi connectivity index (χ0) is 25.0. The van der Waals surface area contributed by atoms with Gasteiger partial charge < -0.3 is 19.7 Å². The number of benzene rings is 3. The summed E-state index contributed by atoms with van der Waals surface area (Å²) >= 11 is 5.91. The number of rotatable bonds is 13. The van der Waals surface area contributed by atoms with E-state index in [1.54, 1.807) is 24.3 Å². The van der Waals surface area contributed by atoms with Crippen molar-refractivity contribution in [1.82, 2.24) is 10.2 Å². The van der Waals surface area contributed by atoms with Crippen molar-refractivity contribution in [2.24, 2.45) is 0 Å². The van der Waals surface area contributed by atoms with E-state index in [0.29, 0.717) is 36.1 Å². The van der Waals surface area contributed by atoms with Crippen molar-refractivity contribution in [3.05, 3.63) is 95.0 Å². The molecule has 0 fully saturated rings. The maximum atomic E-state index is 13.1. The first-order valence-electron chi connectivity index (χ1n) is 11.5. The van der Waals surface area contributed by atoms with Gasteiger partial charge in [-0.05, 0) is 61.6 Å². The first-order valence-corrected chi connectivity index (χ1v) is 11.9. The van der Waals surface area contributed by atoms with Crippen molar-refractivity contribution in [3.8, 4) is 11.5 Å². The van der Waals surface area contributed by atoms with Gasteiger partial charge >= 0.3 is 0 Å². The fraction of sp³-hybridized carbons (Fsp3) is 0.286. The molecular weight excluding hydrogens is 464 g/mol. The fourth-order valence-corrected chi connectivity index (χ4v) is 3.44. The quantitative estimate of drug-likeness (QED) is 0.366. The molecule has 0 radical (unpaired) electrons. The highest BCUT2D eigenvalue weighted by Crippen LogP contribution is 2.23. The molecule has 0 bridgehead atoms. The van der Waals surface area contributed by atoms with Crippen LogP contribution in [0.1, 0.15) is 17.5 Å². The van der Waals surface area contributed by atoms with Crippen molar-refractivity contribution in [3.63, 3.8) is 0 Å². The lowest BCUT2D eigenvalue weighted by Crippen LogP contribution is -2.45. The number of amides is 1. The minimum atomic E-state index is -0.724. The molecule has 0 heterocycles. The Labute approximate surface area is 211 Å². The lowest BCUT2D eigenvalue weighted by molar-refractivity contribution is -0.129. The molecule has 0 saturated heterocycles. The van der Waals surface area contributed by atoms with Crippen LogP contribution in [0.3, 0.4) is 0 Å². The van der Waals surface area contributed by atoms with E-state index in [4.69, 9.17) is 21.1 Å². The summed E-state index contributed by atoms with van der Waals surface area (Å²) in [5.74, 6) is 1.05. The summed E-state index contributed by atoms with van der Waals surface area (Å²) in [7, 11) is 3.80. The highest BCUT2D eigenvalue weighted by molar-refractivity contribution is 6.30. The second-order valence-electron chi connectivity index (χ2n) is 8.52. The van der Waals surface area contributed by atoms with Crippen LogP contribution in [0, 0.1) is 0 Å². The number of carbonyl (C=O) groups is 2. The maximum absolute atomic E-state index is 13.1. The number of Topliss-reactive ketones (excluding diaryl/α,β-unsaturated/α-hetero) is 1. The molecule has 0 aliphatic carbocycles. The van der Waals surface area contributed by atoms with Gasteiger partial charge in [-0.15, -0.1) is 0 Å². The molecule has 1 amide bonds. The third kappa shape index (κ3) is 9.53. The van der Waals surface area contributed by atoms with Crippen molar-refractivity contribution >= 4 is 23.3 Å². The molecule has 0 aliphatic heterocycles. The summed E-state index contributed by atoms with van der Waals surface area (Å²) in [5.41, 5.74) is 1.84. The summed E-state index contributed by atoms with van der Waals surface area (Å²) in [6, 6.07) is 23.4. The second-order valence-corrected chi connectivity index (χ2v) is 8.95. The molecular formula is C28H31ClN2O4. The van der Waals surface area contributed by atoms with Gasteiger partial charge in [0.15, 0.2) is 5.78 Å². The number of ketones is 1. The van der Waals surface area contributed by atoms with Crippen LogP contribution in [0.25, 0.3) is 0 Å². The van der Waals surface area contributed by atoms with Gasteiger partial charge in [0.2, 0.25) is 5.91 Å². The van der Waals surface area contributed by atoms with Crippen LogP contribution in [-0.4, -0.2) is 49.9 Å². The molecule has 1 N–H and O–H groups in total. The molecule has 6 nitrogen and oxygen atoms in total. The lowest BCUT2D eigenvalue weighted by Gasteiger charge is -2.19. The summed E-state index contributed by atoms with van der Waals surface area (Å²) in [4.78, 5) is 27.4. The Morgan fingerprint density at radius 2 is 1.51 bits per heavy atom. The highest BCUT2D eigenvalue weighted by atomic mass is 35.5. The predicted octanol–water partition coefficient (Wildman–Crippen LogP) is 4.90. The molecule has 7 heteroatoms. The summed E-state index contributed by atoms with van der Waals surface area (Å²) in [5, 5.41) is 3.49. The van der Waals surface area contributed by atoms with Crippen molar-refractivity contribution in [2.45, 2.75) is 25.5 Å². The van der Waals surface area contributed by atoms with Gasteiger partial charge in [-0.1, -0.05) is 54.1 Å². The molecule has 3 aromatic carbocycles. The van der Waals surface area contributed by atoms with E-state index in [-0.39, 0.29) is 24.7 Å². The smallest absolute Gasteiger partial charge is 0.221 e. The first-order chi connectivity index (χ1) is 16.9. The number of nitrogens with one attached hydrogen (secondary N) is 1. The second kappa shape index (κ2) is 13.6. The highest BCUT2D eigenvalue weighted by Gasteiger charge is 2.21. The first kappa shape index (κ1) is 26.4. The van der Waals surface area contributed by atoms with Gasteiger partial charge in [0.1, 0.15) is 17.5 Å². The zero-order valence-electron chi connectivity index (χ0n) is 20.1. The van der Waals surface area contributed by atoms with Crippen LogP contribution in [-0.2, 0) is 27.4 Å².